The lowest BCUT2D eigenvalue weighted by molar-refractivity contribution is -0.142. The van der Waals surface area contributed by atoms with Crippen molar-refractivity contribution in [3.8, 4) is 22.2 Å². The number of halogens is 2. The summed E-state index contributed by atoms with van der Waals surface area (Å²) in [6, 6.07) is 9.93. The molecular weight excluding hydrogens is 892 g/mol. The average molecular weight is 950 g/mol. The second kappa shape index (κ2) is 19.3. The summed E-state index contributed by atoms with van der Waals surface area (Å²) in [5, 5.41) is 4.41. The fourth-order valence-corrected chi connectivity index (χ4v) is 11.8. The van der Waals surface area contributed by atoms with Gasteiger partial charge in [-0.1, -0.05) is 62.0 Å². The summed E-state index contributed by atoms with van der Waals surface area (Å²) >= 11 is 14.4. The number of likely N-dealkylation sites (tertiary alicyclic amines) is 1. The normalized spacial score (nSPS) is 21.7. The summed E-state index contributed by atoms with van der Waals surface area (Å²) < 4.78 is 40.4. The molecule has 4 aromatic rings. The number of carbonyl (C=O) groups is 3. The van der Waals surface area contributed by atoms with E-state index in [-0.39, 0.29) is 43.4 Å². The van der Waals surface area contributed by atoms with Crippen molar-refractivity contribution in [2.24, 2.45) is 17.3 Å². The Morgan fingerprint density at radius 1 is 1.05 bits per heavy atom. The van der Waals surface area contributed by atoms with Crippen LogP contribution < -0.4 is 14.2 Å². The second-order valence-corrected chi connectivity index (χ2v) is 22.3. The molecule has 5 atom stereocenters. The van der Waals surface area contributed by atoms with Crippen molar-refractivity contribution in [3.63, 3.8) is 0 Å². The van der Waals surface area contributed by atoms with Crippen molar-refractivity contribution >= 4 is 73.1 Å². The number of nitrogens with zero attached hydrogens (tertiary/aromatic N) is 3. The number of aromatic nitrogens is 2. The van der Waals surface area contributed by atoms with Gasteiger partial charge in [-0.2, -0.15) is 0 Å². The van der Waals surface area contributed by atoms with Gasteiger partial charge in [-0.05, 0) is 107 Å². The molecule has 2 saturated carbocycles. The lowest BCUT2D eigenvalue weighted by Crippen LogP contribution is -2.47. The number of ether oxygens (including phenoxy) is 2. The van der Waals surface area contributed by atoms with E-state index in [4.69, 9.17) is 42.6 Å². The predicted octanol–water partition coefficient (Wildman–Crippen LogP) is 10.6. The van der Waals surface area contributed by atoms with Crippen LogP contribution in [0.2, 0.25) is 10.0 Å². The Kier molecular flexibility index (Phi) is 14.4. The minimum absolute atomic E-state index is 0.0956. The van der Waals surface area contributed by atoms with Crippen LogP contribution in [0.5, 0.6) is 11.5 Å². The van der Waals surface area contributed by atoms with Gasteiger partial charge in [-0.25, -0.2) is 18.4 Å². The first kappa shape index (κ1) is 47.7. The Hall–Kier alpha value is -4.30. The zero-order chi connectivity index (χ0) is 46.1. The molecule has 1 saturated heterocycles. The number of rotatable bonds is 21. The highest BCUT2D eigenvalue weighted by atomic mass is 35.5. The van der Waals surface area contributed by atoms with Crippen molar-refractivity contribution in [2.45, 2.75) is 121 Å². The van der Waals surface area contributed by atoms with E-state index in [1.54, 1.807) is 43.2 Å². The molecule has 0 spiro atoms. The standard InChI is InChI=1S/C49H58Cl2N4O7S2/c1-8-10-11-12-13-14-32(19-31-20-34(50)22-35(51)21-31)46(57)55-27-36(23-40(55)41(56)26-49(25-33(49)9-2)47(58)54-64(59,60)48(6)17-18-48)62-43-24-38(45-53-39(28-63-45)29(3)4)52-44-30(5)42(61-7)16-15-37(43)44/h8-9,15-16,20-22,24,28-29,32-33,36,40H,1-2,10-14,17-19,23,25-27H2,3-7H3,(H,54,58)/t32-,33-,36-,40+,49-/m1/s1. The van der Waals surface area contributed by atoms with Crippen LogP contribution in [0, 0.1) is 24.2 Å². The molecule has 0 radical (unpaired) electrons. The average Bonchev–Trinajstić information content (AvgIpc) is 4.03. The van der Waals surface area contributed by atoms with Crippen molar-refractivity contribution < 1.29 is 32.3 Å². The minimum atomic E-state index is -3.97. The van der Waals surface area contributed by atoms with Crippen LogP contribution >= 0.6 is 34.5 Å². The Labute approximate surface area is 391 Å². The van der Waals surface area contributed by atoms with E-state index in [1.807, 2.05) is 36.6 Å². The Morgan fingerprint density at radius 2 is 1.78 bits per heavy atom. The Morgan fingerprint density at radius 3 is 2.41 bits per heavy atom. The molecule has 1 N–H and O–H groups in total. The van der Waals surface area contributed by atoms with Gasteiger partial charge in [0.2, 0.25) is 21.8 Å². The quantitative estimate of drug-likeness (QED) is 0.0637. The molecule has 15 heteroatoms. The van der Waals surface area contributed by atoms with Crippen molar-refractivity contribution in [1.82, 2.24) is 19.6 Å². The molecule has 2 aromatic carbocycles. The number of hydrogen-bond donors (Lipinski definition) is 1. The molecule has 0 unspecified atom stereocenters. The number of unbranched alkanes of at least 4 members (excludes halogenated alkanes) is 3. The van der Waals surface area contributed by atoms with Gasteiger partial charge in [-0.3, -0.25) is 19.1 Å². The van der Waals surface area contributed by atoms with Gasteiger partial charge in [0.05, 0.1) is 41.1 Å². The van der Waals surface area contributed by atoms with Crippen molar-refractivity contribution in [1.29, 1.82) is 0 Å². The maximum absolute atomic E-state index is 15.1. The van der Waals surface area contributed by atoms with Gasteiger partial charge in [0, 0.05) is 51.2 Å². The highest BCUT2D eigenvalue weighted by molar-refractivity contribution is 7.91. The molecule has 3 aliphatic rings. The molecule has 1 aliphatic heterocycles. The molecule has 2 aromatic heterocycles. The van der Waals surface area contributed by atoms with Gasteiger partial charge < -0.3 is 14.4 Å². The van der Waals surface area contributed by atoms with E-state index in [2.05, 4.69) is 31.7 Å². The van der Waals surface area contributed by atoms with Crippen LogP contribution in [-0.2, 0) is 30.8 Å². The number of methoxy groups -OCH3 is 1. The predicted molar refractivity (Wildman–Crippen MR) is 255 cm³/mol. The number of nitrogens with one attached hydrogen (secondary N) is 1. The van der Waals surface area contributed by atoms with Gasteiger partial charge >= 0.3 is 0 Å². The number of sulfonamides is 1. The first-order valence-electron chi connectivity index (χ1n) is 22.1. The van der Waals surface area contributed by atoms with Crippen LogP contribution in [-0.4, -0.2) is 71.4 Å². The summed E-state index contributed by atoms with van der Waals surface area (Å²) in [4.78, 5) is 55.6. The second-order valence-electron chi connectivity index (χ2n) is 18.3. The topological polar surface area (TPSA) is 145 Å². The van der Waals surface area contributed by atoms with E-state index in [0.717, 1.165) is 52.9 Å². The van der Waals surface area contributed by atoms with Crippen LogP contribution in [0.3, 0.4) is 0 Å². The van der Waals surface area contributed by atoms with Crippen molar-refractivity contribution in [3.05, 3.63) is 94.0 Å². The maximum atomic E-state index is 15.1. The molecule has 11 nitrogen and oxygen atoms in total. The number of fused-ring (bicyclic) bond motifs is 1. The number of amides is 2. The van der Waals surface area contributed by atoms with Gasteiger partial charge in [0.15, 0.2) is 5.78 Å². The highest BCUT2D eigenvalue weighted by Gasteiger charge is 2.62. The van der Waals surface area contributed by atoms with E-state index in [0.29, 0.717) is 58.4 Å². The lowest BCUT2D eigenvalue weighted by atomic mass is 9.89. The van der Waals surface area contributed by atoms with Crippen LogP contribution in [0.1, 0.15) is 108 Å². The molecule has 64 heavy (non-hydrogen) atoms. The van der Waals surface area contributed by atoms with E-state index >= 15 is 4.79 Å². The molecule has 7 rings (SSSR count). The molecule has 342 valence electrons. The summed E-state index contributed by atoms with van der Waals surface area (Å²) in [6.45, 7) is 15.6. The number of thiazole rings is 1. The zero-order valence-electron chi connectivity index (χ0n) is 37.3. The number of benzene rings is 2. The van der Waals surface area contributed by atoms with E-state index in [1.165, 1.54) is 11.3 Å². The van der Waals surface area contributed by atoms with Crippen molar-refractivity contribution in [2.75, 3.05) is 13.7 Å². The molecule has 0 bridgehead atoms. The van der Waals surface area contributed by atoms with Gasteiger partial charge in [-0.15, -0.1) is 24.5 Å². The smallest absolute Gasteiger partial charge is 0.240 e. The summed E-state index contributed by atoms with van der Waals surface area (Å²) in [7, 11) is -2.36. The number of aryl methyl sites for hydroxylation is 1. The minimum Gasteiger partial charge on any atom is -0.496 e. The van der Waals surface area contributed by atoms with Crippen LogP contribution in [0.15, 0.2) is 67.1 Å². The van der Waals surface area contributed by atoms with E-state index < -0.39 is 50.1 Å². The Bertz CT molecular complexity index is 2550. The summed E-state index contributed by atoms with van der Waals surface area (Å²) in [5.74, 6) is -0.784. The van der Waals surface area contributed by atoms with E-state index in [9.17, 15) is 18.0 Å². The number of pyridine rings is 1. The third-order valence-electron chi connectivity index (χ3n) is 13.3. The SMILES string of the molecule is C=CCCCCC[C@H](Cc1cc(Cl)cc(Cl)c1)C(=O)N1C[C@H](Oc2cc(-c3nc(C(C)C)cs3)nc3c(C)c(OC)ccc23)C[C@H]1C(=O)C[C@]1(C(=O)NS(=O)(=O)C2(C)CC2)C[C@H]1C=C. The fraction of sp³-hybridized carbons (Fsp3) is 0.490. The van der Waals surface area contributed by atoms with Gasteiger partial charge in [0.25, 0.3) is 0 Å². The van der Waals surface area contributed by atoms with Crippen LogP contribution in [0.25, 0.3) is 21.6 Å². The zero-order valence-corrected chi connectivity index (χ0v) is 40.4. The third-order valence-corrected chi connectivity index (χ3v) is 16.8. The van der Waals surface area contributed by atoms with Gasteiger partial charge in [0.1, 0.15) is 28.3 Å². The molecule has 3 heterocycles. The summed E-state index contributed by atoms with van der Waals surface area (Å²) in [6.07, 6.45) is 8.28. The largest absolute Gasteiger partial charge is 0.496 e. The number of Topliss-reactive ketones (excluding diaryl/α,β-unsaturated/α-hetero) is 1. The first-order chi connectivity index (χ1) is 30.4. The van der Waals surface area contributed by atoms with Crippen LogP contribution in [0.4, 0.5) is 0 Å². The maximum Gasteiger partial charge on any atom is 0.240 e. The number of allylic oxidation sites excluding steroid dienone is 2. The first-order valence-corrected chi connectivity index (χ1v) is 25.2. The fourth-order valence-electron chi connectivity index (χ4n) is 8.91. The third kappa shape index (κ3) is 10.1. The lowest BCUT2D eigenvalue weighted by Gasteiger charge is -2.29. The Balaban J connectivity index is 1.24. The molecule has 2 aliphatic carbocycles. The molecular formula is C49H58Cl2N4O7S2. The number of hydrogen-bond acceptors (Lipinski definition) is 10. The molecule has 2 amide bonds. The monoisotopic (exact) mass is 948 g/mol. The molecule has 3 fully saturated rings. The number of carbonyl (C=O) groups excluding carboxylic acids is 3. The highest BCUT2D eigenvalue weighted by Crippen LogP contribution is 2.57. The summed E-state index contributed by atoms with van der Waals surface area (Å²) in [5.41, 5.74) is 2.57. The number of ketones is 1.